The molecule has 0 saturated heterocycles. The van der Waals surface area contributed by atoms with Crippen LogP contribution in [0.2, 0.25) is 0 Å². The van der Waals surface area contributed by atoms with Gasteiger partial charge in [-0.05, 0) is 30.7 Å². The van der Waals surface area contributed by atoms with E-state index in [1.54, 1.807) is 41.3 Å². The van der Waals surface area contributed by atoms with Gasteiger partial charge in [0.05, 0.1) is 16.6 Å². The van der Waals surface area contributed by atoms with E-state index in [4.69, 9.17) is 4.42 Å². The number of hydrogen-bond donors (Lipinski definition) is 0. The lowest BCUT2D eigenvalue weighted by molar-refractivity contribution is -0.121. The average molecular weight is 553 g/mol. The number of rotatable bonds is 5. The van der Waals surface area contributed by atoms with E-state index in [1.165, 1.54) is 28.0 Å². The Morgan fingerprint density at radius 3 is 2.49 bits per heavy atom. The number of carbonyl (C=O) groups excluding carboxylic acids is 2. The van der Waals surface area contributed by atoms with E-state index in [0.29, 0.717) is 33.3 Å². The molecule has 8 nitrogen and oxygen atoms in total. The Balaban J connectivity index is 1.45. The Morgan fingerprint density at radius 2 is 1.67 bits per heavy atom. The summed E-state index contributed by atoms with van der Waals surface area (Å²) in [6.45, 7) is 2.23. The molecule has 0 radical (unpaired) electrons. The number of fused-ring (bicyclic) bond motifs is 5. The van der Waals surface area contributed by atoms with Crippen LogP contribution < -0.4 is 15.2 Å². The fourth-order valence-electron chi connectivity index (χ4n) is 5.49. The molecule has 4 heterocycles. The molecule has 7 rings (SSSR count). The first-order chi connectivity index (χ1) is 19.1. The SMILES string of the molecule is CCN1C(=O)C2(c3ccccc31)c1c(oc3ccccc3c1=O)C(=O)N2c1nnc(SCc2ccccc2)s1. The average Bonchev–Trinajstić information content (AvgIpc) is 3.61. The number of benzene rings is 3. The van der Waals surface area contributed by atoms with E-state index in [1.807, 2.05) is 49.4 Å². The highest BCUT2D eigenvalue weighted by Gasteiger charge is 2.66. The number of carbonyl (C=O) groups is 2. The minimum absolute atomic E-state index is 0.0216. The highest BCUT2D eigenvalue weighted by atomic mass is 32.2. The van der Waals surface area contributed by atoms with E-state index in [2.05, 4.69) is 10.2 Å². The molecule has 0 N–H and O–H groups in total. The molecule has 192 valence electrons. The van der Waals surface area contributed by atoms with Crippen LogP contribution in [0.4, 0.5) is 10.8 Å². The van der Waals surface area contributed by atoms with Crippen LogP contribution in [0.5, 0.6) is 0 Å². The number of anilines is 2. The summed E-state index contributed by atoms with van der Waals surface area (Å²) in [5.41, 5.74) is 0.464. The van der Waals surface area contributed by atoms with Crippen molar-refractivity contribution < 1.29 is 14.0 Å². The molecular formula is C29H20N4O4S2. The summed E-state index contributed by atoms with van der Waals surface area (Å²) in [6.07, 6.45) is 0. The molecule has 1 spiro atoms. The van der Waals surface area contributed by atoms with Crippen molar-refractivity contribution >= 4 is 56.7 Å². The molecule has 10 heteroatoms. The molecule has 2 aliphatic heterocycles. The van der Waals surface area contributed by atoms with E-state index >= 15 is 0 Å². The maximum absolute atomic E-state index is 14.4. The van der Waals surface area contributed by atoms with Crippen LogP contribution in [0.3, 0.4) is 0 Å². The van der Waals surface area contributed by atoms with Gasteiger partial charge in [-0.2, -0.15) is 0 Å². The van der Waals surface area contributed by atoms with Crippen LogP contribution in [0.15, 0.2) is 92.4 Å². The molecule has 2 amide bonds. The summed E-state index contributed by atoms with van der Waals surface area (Å²) in [4.78, 5) is 45.6. The highest BCUT2D eigenvalue weighted by Crippen LogP contribution is 2.54. The first-order valence-corrected chi connectivity index (χ1v) is 14.2. The normalized spacial score (nSPS) is 17.9. The van der Waals surface area contributed by atoms with Crippen molar-refractivity contribution in [3.63, 3.8) is 0 Å². The van der Waals surface area contributed by atoms with Gasteiger partial charge < -0.3 is 9.32 Å². The fraction of sp³-hybridized carbons (Fsp3) is 0.138. The molecule has 0 saturated carbocycles. The second-order valence-corrected chi connectivity index (χ2v) is 11.4. The molecular weight excluding hydrogens is 532 g/mol. The summed E-state index contributed by atoms with van der Waals surface area (Å²) in [5.74, 6) is -0.459. The summed E-state index contributed by atoms with van der Waals surface area (Å²) in [6, 6.07) is 24.0. The van der Waals surface area contributed by atoms with Crippen molar-refractivity contribution in [2.24, 2.45) is 0 Å². The summed E-state index contributed by atoms with van der Waals surface area (Å²) >= 11 is 2.70. The van der Waals surface area contributed by atoms with E-state index in [9.17, 15) is 14.4 Å². The molecule has 5 aromatic rings. The van der Waals surface area contributed by atoms with Gasteiger partial charge in [0, 0.05) is 17.9 Å². The van der Waals surface area contributed by atoms with Gasteiger partial charge >= 0.3 is 0 Å². The molecule has 0 bridgehead atoms. The number of likely N-dealkylation sites (N-methyl/N-ethyl adjacent to an activating group) is 1. The Labute approximate surface area is 230 Å². The molecule has 3 aromatic carbocycles. The zero-order chi connectivity index (χ0) is 26.7. The van der Waals surface area contributed by atoms with Gasteiger partial charge in [-0.25, -0.2) is 0 Å². The Morgan fingerprint density at radius 1 is 0.923 bits per heavy atom. The van der Waals surface area contributed by atoms with Crippen LogP contribution in [-0.4, -0.2) is 28.6 Å². The Kier molecular flexibility index (Phi) is 5.43. The first-order valence-electron chi connectivity index (χ1n) is 12.4. The number of nitrogens with zero attached hydrogens (tertiary/aromatic N) is 4. The van der Waals surface area contributed by atoms with Crippen LogP contribution in [-0.2, 0) is 16.1 Å². The minimum atomic E-state index is -1.75. The van der Waals surface area contributed by atoms with Gasteiger partial charge in [0.1, 0.15) is 5.58 Å². The van der Waals surface area contributed by atoms with Gasteiger partial charge in [-0.15, -0.1) is 10.2 Å². The monoisotopic (exact) mass is 552 g/mol. The van der Waals surface area contributed by atoms with Crippen molar-refractivity contribution in [3.8, 4) is 0 Å². The number of para-hydroxylation sites is 2. The maximum Gasteiger partial charge on any atom is 0.297 e. The third-order valence-corrected chi connectivity index (χ3v) is 9.25. The molecule has 2 aliphatic rings. The quantitative estimate of drug-likeness (QED) is 0.218. The van der Waals surface area contributed by atoms with Crippen molar-refractivity contribution in [2.45, 2.75) is 22.6 Å². The van der Waals surface area contributed by atoms with E-state index in [-0.39, 0.29) is 22.0 Å². The zero-order valence-electron chi connectivity index (χ0n) is 20.7. The van der Waals surface area contributed by atoms with Gasteiger partial charge in [-0.3, -0.25) is 19.3 Å². The molecule has 39 heavy (non-hydrogen) atoms. The third-order valence-electron chi connectivity index (χ3n) is 7.14. The number of amides is 2. The highest BCUT2D eigenvalue weighted by molar-refractivity contribution is 8.00. The Hall–Kier alpha value is -4.28. The lowest BCUT2D eigenvalue weighted by atomic mass is 9.84. The molecule has 0 fully saturated rings. The smallest absolute Gasteiger partial charge is 0.297 e. The maximum atomic E-state index is 14.4. The third kappa shape index (κ3) is 3.28. The van der Waals surface area contributed by atoms with Crippen molar-refractivity contribution in [3.05, 3.63) is 112 Å². The minimum Gasteiger partial charge on any atom is -0.450 e. The predicted octanol–water partition coefficient (Wildman–Crippen LogP) is 5.21. The van der Waals surface area contributed by atoms with Crippen LogP contribution in [0.1, 0.15) is 34.2 Å². The second-order valence-electron chi connectivity index (χ2n) is 9.17. The number of thioether (sulfide) groups is 1. The van der Waals surface area contributed by atoms with Gasteiger partial charge in [0.15, 0.2) is 15.3 Å². The molecule has 2 aromatic heterocycles. The van der Waals surface area contributed by atoms with E-state index in [0.717, 1.165) is 5.56 Å². The first kappa shape index (κ1) is 23.8. The van der Waals surface area contributed by atoms with Crippen LogP contribution in [0, 0.1) is 0 Å². The van der Waals surface area contributed by atoms with E-state index < -0.39 is 22.8 Å². The number of aromatic nitrogens is 2. The fourth-order valence-corrected chi connectivity index (χ4v) is 7.34. The Bertz CT molecular complexity index is 1850. The van der Waals surface area contributed by atoms with Crippen molar-refractivity contribution in [1.29, 1.82) is 0 Å². The predicted molar refractivity (Wildman–Crippen MR) is 150 cm³/mol. The van der Waals surface area contributed by atoms with Gasteiger partial charge in [-0.1, -0.05) is 83.8 Å². The summed E-state index contributed by atoms with van der Waals surface area (Å²) < 4.78 is 6.71. The molecule has 0 aliphatic carbocycles. The van der Waals surface area contributed by atoms with Crippen LogP contribution >= 0.6 is 23.1 Å². The zero-order valence-corrected chi connectivity index (χ0v) is 22.3. The van der Waals surface area contributed by atoms with Crippen molar-refractivity contribution in [1.82, 2.24) is 10.2 Å². The van der Waals surface area contributed by atoms with Crippen LogP contribution in [0.25, 0.3) is 11.0 Å². The van der Waals surface area contributed by atoms with Gasteiger partial charge in [0.25, 0.3) is 11.8 Å². The second kappa shape index (κ2) is 8.89. The topological polar surface area (TPSA) is 96.6 Å². The lowest BCUT2D eigenvalue weighted by Gasteiger charge is -2.31. The largest absolute Gasteiger partial charge is 0.450 e. The standard InChI is InChI=1S/C29H20N4O4S2/c1-2-32-20-14-8-7-13-19(20)29(26(32)36)22-23(34)18-12-6-9-15-21(18)37-24(22)25(35)33(29)27-30-31-28(39-27)38-16-17-10-4-3-5-11-17/h3-15H,2,16H2,1H3. The summed E-state index contributed by atoms with van der Waals surface area (Å²) in [7, 11) is 0. The summed E-state index contributed by atoms with van der Waals surface area (Å²) in [5, 5.41) is 9.22. The lowest BCUT2D eigenvalue weighted by Crippen LogP contribution is -2.53. The molecule has 1 unspecified atom stereocenters. The molecule has 1 atom stereocenters. The van der Waals surface area contributed by atoms with Crippen molar-refractivity contribution in [2.75, 3.05) is 16.3 Å². The van der Waals surface area contributed by atoms with Gasteiger partial charge in [0.2, 0.25) is 10.9 Å². The number of hydrogen-bond acceptors (Lipinski definition) is 8.